The molecular weight excluding hydrogens is 597 g/mol. The zero-order valence-electron chi connectivity index (χ0n) is 24.8. The molecule has 2 N–H and O–H groups in total. The Bertz CT molecular complexity index is 1590. The van der Waals surface area contributed by atoms with Gasteiger partial charge in [0.15, 0.2) is 34.6 Å². The van der Waals surface area contributed by atoms with E-state index >= 15 is 4.39 Å². The second-order valence-corrected chi connectivity index (χ2v) is 11.7. The van der Waals surface area contributed by atoms with Crippen LogP contribution in [0.1, 0.15) is 53.9 Å². The summed E-state index contributed by atoms with van der Waals surface area (Å²) in [6.45, 7) is 3.49. The molecule has 0 unspecified atom stereocenters. The molecule has 1 amide bonds. The van der Waals surface area contributed by atoms with E-state index in [0.29, 0.717) is 33.9 Å². The lowest BCUT2D eigenvalue weighted by molar-refractivity contribution is -0.145. The number of hydrogen-bond acceptors (Lipinski definition) is 9. The van der Waals surface area contributed by atoms with Crippen LogP contribution >= 0.6 is 11.3 Å². The number of rotatable bonds is 15. The normalized spacial score (nSPS) is 13.7. The number of benzene rings is 2. The first-order chi connectivity index (χ1) is 20.9. The van der Waals surface area contributed by atoms with Crippen molar-refractivity contribution >= 4 is 45.1 Å². The number of Topliss-reactive ketones (excluding diaryl/α,β-unsaturated/α-hetero) is 1. The number of ether oxygens (including phenoxy) is 4. The molecule has 13 heteroatoms. The van der Waals surface area contributed by atoms with Crippen molar-refractivity contribution in [2.45, 2.75) is 46.2 Å². The molecule has 0 fully saturated rings. The summed E-state index contributed by atoms with van der Waals surface area (Å²) in [6.07, 6.45) is 0.145. The third-order valence-electron chi connectivity index (χ3n) is 7.34. The molecule has 0 saturated heterocycles. The second-order valence-electron chi connectivity index (χ2n) is 10.6. The van der Waals surface area contributed by atoms with Gasteiger partial charge in [0, 0.05) is 48.7 Å². The average molecular weight is 632 g/mol. The third-order valence-corrected chi connectivity index (χ3v) is 8.48. The lowest BCUT2D eigenvalue weighted by atomic mass is 10.0. The SMILES string of the molecule is COc1cc2sc(C(=O)C[C@H](C)C(=O)O)cc2cc1OCCCOc1cc2c(c(F)c1OC)CN(C(=O)C[C@H](C)C(=O)O)C2. The molecule has 44 heavy (non-hydrogen) atoms. The summed E-state index contributed by atoms with van der Waals surface area (Å²) in [5.41, 5.74) is 0.876. The van der Waals surface area contributed by atoms with Gasteiger partial charge in [0.2, 0.25) is 5.91 Å². The highest BCUT2D eigenvalue weighted by molar-refractivity contribution is 7.20. The zero-order chi connectivity index (χ0) is 32.1. The molecule has 2 heterocycles. The van der Waals surface area contributed by atoms with E-state index < -0.39 is 29.6 Å². The van der Waals surface area contributed by atoms with Crippen molar-refractivity contribution in [1.29, 1.82) is 0 Å². The summed E-state index contributed by atoms with van der Waals surface area (Å²) in [5, 5.41) is 19.0. The molecule has 236 valence electrons. The molecule has 3 aromatic rings. The first-order valence-corrected chi connectivity index (χ1v) is 14.8. The lowest BCUT2D eigenvalue weighted by Gasteiger charge is -2.16. The van der Waals surface area contributed by atoms with Gasteiger partial charge in [0.1, 0.15) is 0 Å². The molecule has 4 rings (SSSR count). The van der Waals surface area contributed by atoms with Crippen LogP contribution in [-0.4, -0.2) is 66.2 Å². The number of amides is 1. The van der Waals surface area contributed by atoms with Crippen molar-refractivity contribution in [3.63, 3.8) is 0 Å². The van der Waals surface area contributed by atoms with Crippen LogP contribution in [0.4, 0.5) is 4.39 Å². The average Bonchev–Trinajstić information content (AvgIpc) is 3.61. The van der Waals surface area contributed by atoms with E-state index in [-0.39, 0.29) is 62.3 Å². The minimum Gasteiger partial charge on any atom is -0.493 e. The number of nitrogens with zero attached hydrogens (tertiary/aromatic N) is 1. The number of carbonyl (C=O) groups is 4. The molecule has 0 radical (unpaired) electrons. The minimum atomic E-state index is -1.07. The summed E-state index contributed by atoms with van der Waals surface area (Å²) in [6, 6.07) is 6.86. The molecule has 1 aromatic heterocycles. The van der Waals surface area contributed by atoms with Crippen molar-refractivity contribution in [3.05, 3.63) is 46.1 Å². The van der Waals surface area contributed by atoms with E-state index in [1.807, 2.05) is 0 Å². The van der Waals surface area contributed by atoms with E-state index in [2.05, 4.69) is 0 Å². The molecule has 2 aromatic carbocycles. The van der Waals surface area contributed by atoms with E-state index in [9.17, 15) is 19.2 Å². The lowest BCUT2D eigenvalue weighted by Crippen LogP contribution is -2.28. The van der Waals surface area contributed by atoms with Crippen molar-refractivity contribution in [1.82, 2.24) is 4.90 Å². The Balaban J connectivity index is 1.37. The number of carbonyl (C=O) groups excluding carboxylic acids is 2. The first-order valence-electron chi connectivity index (χ1n) is 13.9. The van der Waals surface area contributed by atoms with Gasteiger partial charge in [-0.15, -0.1) is 11.3 Å². The fourth-order valence-corrected chi connectivity index (χ4v) is 5.78. The van der Waals surface area contributed by atoms with Crippen molar-refractivity contribution < 1.29 is 52.7 Å². The van der Waals surface area contributed by atoms with Gasteiger partial charge in [0.05, 0.1) is 44.1 Å². The molecule has 0 spiro atoms. The van der Waals surface area contributed by atoms with Gasteiger partial charge in [-0.1, -0.05) is 13.8 Å². The van der Waals surface area contributed by atoms with Gasteiger partial charge in [-0.05, 0) is 29.1 Å². The smallest absolute Gasteiger partial charge is 0.306 e. The maximum Gasteiger partial charge on any atom is 0.306 e. The maximum absolute atomic E-state index is 15.3. The maximum atomic E-state index is 15.3. The highest BCUT2D eigenvalue weighted by atomic mass is 32.1. The summed E-state index contributed by atoms with van der Waals surface area (Å²) >= 11 is 1.26. The molecule has 1 aliphatic rings. The highest BCUT2D eigenvalue weighted by Crippen LogP contribution is 2.40. The molecule has 1 aliphatic heterocycles. The predicted octanol–water partition coefficient (Wildman–Crippen LogP) is 5.15. The van der Waals surface area contributed by atoms with Gasteiger partial charge in [-0.25, -0.2) is 4.39 Å². The number of aliphatic carboxylic acids is 2. The molecule has 0 aliphatic carbocycles. The standard InChI is InChI=1S/C31H34FNO10S/c1-16(30(36)37)8-21(34)26-12-18-10-23(22(40-3)13-25(18)44-26)42-6-5-7-43-24-11-19-14-33(27(35)9-17(2)31(38)39)15-20(19)28(32)29(24)41-4/h10-13,16-17H,5-9,14-15H2,1-4H3,(H,36,37)(H,38,39)/t16-,17-/m0/s1. The number of carboxylic acid groups (broad SMARTS) is 2. The summed E-state index contributed by atoms with van der Waals surface area (Å²) < 4.78 is 38.6. The van der Waals surface area contributed by atoms with Crippen LogP contribution in [0.3, 0.4) is 0 Å². The Morgan fingerprint density at radius 1 is 0.886 bits per heavy atom. The highest BCUT2D eigenvalue weighted by Gasteiger charge is 2.31. The van der Waals surface area contributed by atoms with Crippen LogP contribution in [0.2, 0.25) is 0 Å². The van der Waals surface area contributed by atoms with E-state index in [0.717, 1.165) is 10.1 Å². The van der Waals surface area contributed by atoms with Crippen LogP contribution in [0.5, 0.6) is 23.0 Å². The number of fused-ring (bicyclic) bond motifs is 2. The largest absolute Gasteiger partial charge is 0.493 e. The number of methoxy groups -OCH3 is 2. The Hall–Kier alpha value is -4.39. The van der Waals surface area contributed by atoms with Gasteiger partial charge in [-0.3, -0.25) is 19.2 Å². The second kappa shape index (κ2) is 13.9. The van der Waals surface area contributed by atoms with E-state index in [1.165, 1.54) is 44.3 Å². The zero-order valence-corrected chi connectivity index (χ0v) is 25.6. The van der Waals surface area contributed by atoms with Crippen LogP contribution in [0, 0.1) is 17.7 Å². The fourth-order valence-electron chi connectivity index (χ4n) is 4.76. The Labute approximate surface area is 257 Å². The number of ketones is 1. The van der Waals surface area contributed by atoms with Crippen LogP contribution < -0.4 is 18.9 Å². The Morgan fingerprint density at radius 3 is 2.18 bits per heavy atom. The predicted molar refractivity (Wildman–Crippen MR) is 158 cm³/mol. The van der Waals surface area contributed by atoms with Gasteiger partial charge < -0.3 is 34.1 Å². The van der Waals surface area contributed by atoms with Crippen LogP contribution in [-0.2, 0) is 27.5 Å². The van der Waals surface area contributed by atoms with Crippen molar-refractivity contribution in [3.8, 4) is 23.0 Å². The van der Waals surface area contributed by atoms with E-state index in [4.69, 9.17) is 29.2 Å². The third kappa shape index (κ3) is 7.21. The van der Waals surface area contributed by atoms with Crippen LogP contribution in [0.15, 0.2) is 24.3 Å². The number of halogens is 1. The summed E-state index contributed by atoms with van der Waals surface area (Å²) in [7, 11) is 2.83. The minimum absolute atomic E-state index is 0.0181. The molecular formula is C31H34FNO10S. The quantitative estimate of drug-likeness (QED) is 0.170. The molecule has 11 nitrogen and oxygen atoms in total. The number of hydrogen-bond donors (Lipinski definition) is 2. The molecule has 0 bridgehead atoms. The van der Waals surface area contributed by atoms with Gasteiger partial charge in [-0.2, -0.15) is 0 Å². The van der Waals surface area contributed by atoms with Crippen LogP contribution in [0.25, 0.3) is 10.1 Å². The Morgan fingerprint density at radius 2 is 1.55 bits per heavy atom. The Kier molecular flexibility index (Phi) is 10.3. The molecule has 2 atom stereocenters. The van der Waals surface area contributed by atoms with Crippen molar-refractivity contribution in [2.75, 3.05) is 27.4 Å². The fraction of sp³-hybridized carbons (Fsp3) is 0.419. The molecule has 0 saturated carbocycles. The monoisotopic (exact) mass is 631 g/mol. The summed E-state index contributed by atoms with van der Waals surface area (Å²) in [4.78, 5) is 49.3. The van der Waals surface area contributed by atoms with Gasteiger partial charge in [0.25, 0.3) is 0 Å². The number of carboxylic acids is 2. The number of thiophene rings is 1. The first kappa shape index (κ1) is 32.5. The summed E-state index contributed by atoms with van der Waals surface area (Å²) in [5.74, 6) is -3.94. The topological polar surface area (TPSA) is 149 Å². The van der Waals surface area contributed by atoms with E-state index in [1.54, 1.807) is 24.3 Å². The van der Waals surface area contributed by atoms with Crippen molar-refractivity contribution in [2.24, 2.45) is 11.8 Å². The van der Waals surface area contributed by atoms with Gasteiger partial charge >= 0.3 is 11.9 Å².